The number of carbonyl (C=O) groups excluding carboxylic acids is 2. The molecule has 2 aliphatic heterocycles. The van der Waals surface area contributed by atoms with Crippen LogP contribution in [-0.2, 0) is 7.05 Å². The molecular weight excluding hydrogens is 248 g/mol. The Labute approximate surface area is 110 Å². The molecule has 2 aliphatic rings. The van der Waals surface area contributed by atoms with Crippen molar-refractivity contribution in [2.75, 3.05) is 31.9 Å². The molecule has 0 aromatic carbocycles. The summed E-state index contributed by atoms with van der Waals surface area (Å²) in [6.07, 6.45) is 1.62. The van der Waals surface area contributed by atoms with E-state index in [1.807, 2.05) is 0 Å². The van der Waals surface area contributed by atoms with Gasteiger partial charge >= 0.3 is 6.03 Å². The van der Waals surface area contributed by atoms with Crippen LogP contribution in [0.4, 0.5) is 10.5 Å². The molecule has 0 radical (unpaired) electrons. The van der Waals surface area contributed by atoms with Gasteiger partial charge in [0.25, 0.3) is 5.91 Å². The van der Waals surface area contributed by atoms with E-state index >= 15 is 0 Å². The number of rotatable bonds is 1. The molecule has 0 aliphatic carbocycles. The van der Waals surface area contributed by atoms with E-state index in [2.05, 4.69) is 10.4 Å². The molecule has 8 nitrogen and oxygen atoms in total. The Kier molecular flexibility index (Phi) is 2.58. The van der Waals surface area contributed by atoms with E-state index in [1.165, 1.54) is 4.68 Å². The van der Waals surface area contributed by atoms with E-state index in [0.29, 0.717) is 31.9 Å². The average molecular weight is 264 g/mol. The van der Waals surface area contributed by atoms with Crippen LogP contribution >= 0.6 is 0 Å². The predicted octanol–water partition coefficient (Wildman–Crippen LogP) is -1.15. The summed E-state index contributed by atoms with van der Waals surface area (Å²) in [5.74, 6) is -0.169. The number of nitrogen functional groups attached to an aromatic ring is 1. The topological polar surface area (TPSA) is 96.5 Å². The molecule has 3 rings (SSSR count). The van der Waals surface area contributed by atoms with Gasteiger partial charge in [-0.2, -0.15) is 5.10 Å². The van der Waals surface area contributed by atoms with Crippen molar-refractivity contribution in [1.82, 2.24) is 24.9 Å². The molecule has 19 heavy (non-hydrogen) atoms. The number of nitrogens with one attached hydrogen (secondary N) is 1. The predicted molar refractivity (Wildman–Crippen MR) is 67.4 cm³/mol. The lowest BCUT2D eigenvalue weighted by molar-refractivity contribution is 0.0611. The maximum absolute atomic E-state index is 12.4. The first-order valence-corrected chi connectivity index (χ1v) is 6.19. The molecule has 8 heteroatoms. The van der Waals surface area contributed by atoms with E-state index in [9.17, 15) is 9.59 Å². The largest absolute Gasteiger partial charge is 0.396 e. The molecule has 2 saturated heterocycles. The van der Waals surface area contributed by atoms with Crippen molar-refractivity contribution in [3.05, 3.63) is 11.9 Å². The van der Waals surface area contributed by atoms with E-state index < -0.39 is 0 Å². The zero-order chi connectivity index (χ0) is 13.6. The minimum absolute atomic E-state index is 0.0468. The summed E-state index contributed by atoms with van der Waals surface area (Å²) < 4.78 is 1.53. The van der Waals surface area contributed by atoms with Crippen LogP contribution in [0.25, 0.3) is 0 Å². The molecular formula is C11H16N6O2. The van der Waals surface area contributed by atoms with Crippen LogP contribution in [0.5, 0.6) is 0 Å². The molecule has 1 unspecified atom stereocenters. The third-order valence-electron chi connectivity index (χ3n) is 3.58. The molecule has 0 spiro atoms. The Bertz CT molecular complexity index is 539. The molecule has 102 valence electrons. The number of fused-ring (bicyclic) bond motifs is 1. The number of carbonyl (C=O) groups is 2. The number of nitrogens with zero attached hydrogens (tertiary/aromatic N) is 4. The van der Waals surface area contributed by atoms with Crippen molar-refractivity contribution in [1.29, 1.82) is 0 Å². The molecule has 3 N–H and O–H groups in total. The fourth-order valence-electron chi connectivity index (χ4n) is 2.61. The van der Waals surface area contributed by atoms with Crippen LogP contribution in [0, 0.1) is 0 Å². The SMILES string of the molecule is Cn1cc(N)c(C(=O)N2CCN3C(=O)NCC3C2)n1. The highest BCUT2D eigenvalue weighted by molar-refractivity contribution is 5.97. The molecule has 1 atom stereocenters. The minimum Gasteiger partial charge on any atom is -0.396 e. The molecule has 1 aromatic rings. The second-order valence-electron chi connectivity index (χ2n) is 4.89. The number of nitrogens with two attached hydrogens (primary N) is 1. The van der Waals surface area contributed by atoms with Gasteiger partial charge in [-0.1, -0.05) is 0 Å². The highest BCUT2D eigenvalue weighted by Gasteiger charge is 2.37. The van der Waals surface area contributed by atoms with Crippen molar-refractivity contribution in [2.24, 2.45) is 7.05 Å². The van der Waals surface area contributed by atoms with Crippen LogP contribution in [-0.4, -0.2) is 63.7 Å². The van der Waals surface area contributed by atoms with Gasteiger partial charge in [-0.25, -0.2) is 4.79 Å². The smallest absolute Gasteiger partial charge is 0.317 e. The molecule has 1 aromatic heterocycles. The molecule has 2 fully saturated rings. The summed E-state index contributed by atoms with van der Waals surface area (Å²) in [7, 11) is 1.73. The summed E-state index contributed by atoms with van der Waals surface area (Å²) in [5, 5.41) is 6.87. The highest BCUT2D eigenvalue weighted by Crippen LogP contribution is 2.18. The summed E-state index contributed by atoms with van der Waals surface area (Å²) in [4.78, 5) is 27.3. The number of amides is 3. The van der Waals surface area contributed by atoms with Gasteiger partial charge in [0, 0.05) is 39.4 Å². The number of aromatic nitrogens is 2. The number of aryl methyl sites for hydroxylation is 1. The number of hydrogen-bond donors (Lipinski definition) is 2. The van der Waals surface area contributed by atoms with E-state index in [0.717, 1.165) is 0 Å². The first kappa shape index (κ1) is 11.8. The maximum Gasteiger partial charge on any atom is 0.317 e. The molecule has 3 heterocycles. The van der Waals surface area contributed by atoms with Crippen molar-refractivity contribution in [3.8, 4) is 0 Å². The zero-order valence-electron chi connectivity index (χ0n) is 10.7. The van der Waals surface area contributed by atoms with Crippen LogP contribution in [0.15, 0.2) is 6.20 Å². The van der Waals surface area contributed by atoms with Gasteiger partial charge < -0.3 is 20.9 Å². The fourth-order valence-corrected chi connectivity index (χ4v) is 2.61. The van der Waals surface area contributed by atoms with Crippen LogP contribution < -0.4 is 11.1 Å². The minimum atomic E-state index is -0.169. The average Bonchev–Trinajstić information content (AvgIpc) is 2.92. The Morgan fingerprint density at radius 3 is 3.00 bits per heavy atom. The van der Waals surface area contributed by atoms with Gasteiger partial charge in [0.15, 0.2) is 5.69 Å². The number of anilines is 1. The number of hydrogen-bond acceptors (Lipinski definition) is 4. The van der Waals surface area contributed by atoms with Crippen molar-refractivity contribution in [3.63, 3.8) is 0 Å². The summed E-state index contributed by atoms with van der Waals surface area (Å²) in [6, 6.07) is 0.00425. The van der Waals surface area contributed by atoms with E-state index in [-0.39, 0.29) is 23.7 Å². The van der Waals surface area contributed by atoms with Gasteiger partial charge in [0.2, 0.25) is 0 Å². The molecule has 0 bridgehead atoms. The van der Waals surface area contributed by atoms with Crippen molar-refractivity contribution >= 4 is 17.6 Å². The summed E-state index contributed by atoms with van der Waals surface area (Å²) in [6.45, 7) is 2.17. The fraction of sp³-hybridized carbons (Fsp3) is 0.545. The third-order valence-corrected chi connectivity index (χ3v) is 3.58. The lowest BCUT2D eigenvalue weighted by Crippen LogP contribution is -2.53. The quantitative estimate of drug-likeness (QED) is 0.669. The van der Waals surface area contributed by atoms with Gasteiger partial charge in [0.05, 0.1) is 11.7 Å². The number of urea groups is 1. The van der Waals surface area contributed by atoms with Gasteiger partial charge in [-0.05, 0) is 0 Å². The Balaban J connectivity index is 1.75. The maximum atomic E-state index is 12.4. The second kappa shape index (κ2) is 4.15. The van der Waals surface area contributed by atoms with Gasteiger partial charge in [-0.15, -0.1) is 0 Å². The van der Waals surface area contributed by atoms with E-state index in [4.69, 9.17) is 5.73 Å². The van der Waals surface area contributed by atoms with Gasteiger partial charge in [0.1, 0.15) is 0 Å². The Hall–Kier alpha value is -2.25. The molecule has 3 amide bonds. The lowest BCUT2D eigenvalue weighted by atomic mass is 10.2. The number of piperazine rings is 1. The third kappa shape index (κ3) is 1.88. The van der Waals surface area contributed by atoms with Crippen LogP contribution in [0.2, 0.25) is 0 Å². The first-order valence-electron chi connectivity index (χ1n) is 6.19. The second-order valence-corrected chi connectivity index (χ2v) is 4.89. The normalized spacial score (nSPS) is 22.4. The van der Waals surface area contributed by atoms with Crippen LogP contribution in [0.1, 0.15) is 10.5 Å². The monoisotopic (exact) mass is 264 g/mol. The van der Waals surface area contributed by atoms with Crippen LogP contribution in [0.3, 0.4) is 0 Å². The zero-order valence-corrected chi connectivity index (χ0v) is 10.7. The van der Waals surface area contributed by atoms with E-state index in [1.54, 1.807) is 23.0 Å². The standard InChI is InChI=1S/C11H16N6O2/c1-15-6-8(12)9(14-15)10(18)16-2-3-17-7(5-16)4-13-11(17)19/h6-7H,2-5,12H2,1H3,(H,13,19). The lowest BCUT2D eigenvalue weighted by Gasteiger charge is -2.36. The highest BCUT2D eigenvalue weighted by atomic mass is 16.2. The Morgan fingerprint density at radius 1 is 1.53 bits per heavy atom. The molecule has 0 saturated carbocycles. The summed E-state index contributed by atoms with van der Waals surface area (Å²) >= 11 is 0. The van der Waals surface area contributed by atoms with Crippen molar-refractivity contribution < 1.29 is 9.59 Å². The van der Waals surface area contributed by atoms with Gasteiger partial charge in [-0.3, -0.25) is 9.48 Å². The Morgan fingerprint density at radius 2 is 2.32 bits per heavy atom. The first-order chi connectivity index (χ1) is 9.06. The summed E-state index contributed by atoms with van der Waals surface area (Å²) in [5.41, 5.74) is 6.44. The van der Waals surface area contributed by atoms with Crippen molar-refractivity contribution in [2.45, 2.75) is 6.04 Å².